The quantitative estimate of drug-likeness (QED) is 0.666. The molecule has 1 heterocycles. The summed E-state index contributed by atoms with van der Waals surface area (Å²) >= 11 is 0. The summed E-state index contributed by atoms with van der Waals surface area (Å²) in [5, 5.41) is 0. The standard InChI is InChI=1S/C12H16O8S2/c1-21(13,14)17-7-11-12(8-18-22(2,15)16)20-10-6-4-3-5-9(10)19-11/h3-6,11-12H,7-8H2,1-2H3/t11-,12-/m0/s1. The van der Waals surface area contributed by atoms with Gasteiger partial charge in [-0.25, -0.2) is 0 Å². The van der Waals surface area contributed by atoms with Gasteiger partial charge in [-0.15, -0.1) is 0 Å². The predicted molar refractivity (Wildman–Crippen MR) is 76.9 cm³/mol. The molecule has 0 amide bonds. The van der Waals surface area contributed by atoms with Crippen molar-refractivity contribution < 1.29 is 34.7 Å². The third-order valence-corrected chi connectivity index (χ3v) is 3.84. The number of benzene rings is 1. The second kappa shape index (κ2) is 6.41. The van der Waals surface area contributed by atoms with E-state index in [2.05, 4.69) is 0 Å². The molecule has 1 aromatic rings. The summed E-state index contributed by atoms with van der Waals surface area (Å²) in [6.45, 7) is -0.629. The van der Waals surface area contributed by atoms with Crippen LogP contribution in [0.2, 0.25) is 0 Å². The lowest BCUT2D eigenvalue weighted by Gasteiger charge is -2.33. The van der Waals surface area contributed by atoms with Crippen LogP contribution in [0.4, 0.5) is 0 Å². The highest BCUT2D eigenvalue weighted by atomic mass is 32.2. The van der Waals surface area contributed by atoms with Crippen molar-refractivity contribution in [2.45, 2.75) is 12.2 Å². The van der Waals surface area contributed by atoms with E-state index in [1.807, 2.05) is 0 Å². The minimum absolute atomic E-state index is 0.315. The molecule has 0 unspecified atom stereocenters. The molecule has 1 aliphatic heterocycles. The van der Waals surface area contributed by atoms with Crippen LogP contribution in [-0.4, -0.2) is 54.8 Å². The first-order valence-electron chi connectivity index (χ1n) is 6.25. The molecule has 10 heteroatoms. The number of hydrogen-bond donors (Lipinski definition) is 0. The van der Waals surface area contributed by atoms with Gasteiger partial charge in [0.25, 0.3) is 20.2 Å². The Kier molecular flexibility index (Phi) is 4.95. The van der Waals surface area contributed by atoms with Crippen LogP contribution in [0.1, 0.15) is 0 Å². The maximum atomic E-state index is 11.1. The van der Waals surface area contributed by atoms with Crippen LogP contribution in [0.25, 0.3) is 0 Å². The van der Waals surface area contributed by atoms with Crippen molar-refractivity contribution in [1.29, 1.82) is 0 Å². The van der Waals surface area contributed by atoms with Crippen LogP contribution >= 0.6 is 0 Å². The van der Waals surface area contributed by atoms with Crippen LogP contribution in [0.5, 0.6) is 11.5 Å². The third kappa shape index (κ3) is 5.13. The maximum Gasteiger partial charge on any atom is 0.264 e. The molecule has 0 spiro atoms. The van der Waals surface area contributed by atoms with Gasteiger partial charge in [-0.05, 0) is 12.1 Å². The average Bonchev–Trinajstić information content (AvgIpc) is 2.40. The summed E-state index contributed by atoms with van der Waals surface area (Å²) in [4.78, 5) is 0. The molecule has 124 valence electrons. The van der Waals surface area contributed by atoms with Gasteiger partial charge in [0.2, 0.25) is 0 Å². The van der Waals surface area contributed by atoms with Crippen molar-refractivity contribution >= 4 is 20.2 Å². The van der Waals surface area contributed by atoms with E-state index in [0.29, 0.717) is 11.5 Å². The predicted octanol–water partition coefficient (Wildman–Crippen LogP) is 0.147. The monoisotopic (exact) mass is 352 g/mol. The van der Waals surface area contributed by atoms with Crippen molar-refractivity contribution in [1.82, 2.24) is 0 Å². The van der Waals surface area contributed by atoms with Gasteiger partial charge in [-0.1, -0.05) is 12.1 Å². The lowest BCUT2D eigenvalue weighted by molar-refractivity contribution is -0.0231. The zero-order valence-corrected chi connectivity index (χ0v) is 13.6. The largest absolute Gasteiger partial charge is 0.480 e. The Morgan fingerprint density at radius 1 is 0.864 bits per heavy atom. The summed E-state index contributed by atoms with van der Waals surface area (Å²) in [6, 6.07) is 6.75. The van der Waals surface area contributed by atoms with E-state index in [4.69, 9.17) is 17.8 Å². The molecular weight excluding hydrogens is 336 g/mol. The maximum absolute atomic E-state index is 11.1. The van der Waals surface area contributed by atoms with Gasteiger partial charge >= 0.3 is 0 Å². The van der Waals surface area contributed by atoms with E-state index >= 15 is 0 Å². The fourth-order valence-corrected chi connectivity index (χ4v) is 2.55. The van der Waals surface area contributed by atoms with Gasteiger partial charge < -0.3 is 9.47 Å². The molecule has 1 aliphatic rings. The van der Waals surface area contributed by atoms with Crippen molar-refractivity contribution in [2.24, 2.45) is 0 Å². The van der Waals surface area contributed by atoms with Crippen molar-refractivity contribution in [2.75, 3.05) is 25.7 Å². The van der Waals surface area contributed by atoms with Crippen LogP contribution in [0.15, 0.2) is 24.3 Å². The highest BCUT2D eigenvalue weighted by Crippen LogP contribution is 2.33. The van der Waals surface area contributed by atoms with Crippen LogP contribution in [0.3, 0.4) is 0 Å². The number of para-hydroxylation sites is 2. The molecule has 2 atom stereocenters. The minimum atomic E-state index is -3.66. The zero-order valence-electron chi connectivity index (χ0n) is 12.0. The molecule has 0 N–H and O–H groups in total. The minimum Gasteiger partial charge on any atom is -0.480 e. The molecule has 2 rings (SSSR count). The molecule has 0 saturated carbocycles. The van der Waals surface area contributed by atoms with Crippen molar-refractivity contribution in [3.05, 3.63) is 24.3 Å². The molecule has 22 heavy (non-hydrogen) atoms. The third-order valence-electron chi connectivity index (χ3n) is 2.71. The first-order chi connectivity index (χ1) is 10.1. The SMILES string of the molecule is CS(=O)(=O)OC[C@@H]1Oc2ccccc2O[C@H]1COS(C)(=O)=O. The first-order valence-corrected chi connectivity index (χ1v) is 9.88. The Morgan fingerprint density at radius 2 is 1.23 bits per heavy atom. The van der Waals surface area contributed by atoms with E-state index in [-0.39, 0.29) is 13.2 Å². The van der Waals surface area contributed by atoms with Gasteiger partial charge in [0.1, 0.15) is 13.2 Å². The Labute approximate surface area is 129 Å². The number of rotatable bonds is 6. The van der Waals surface area contributed by atoms with Crippen molar-refractivity contribution in [3.8, 4) is 11.5 Å². The topological polar surface area (TPSA) is 105 Å². The Morgan fingerprint density at radius 3 is 1.55 bits per heavy atom. The summed E-state index contributed by atoms with van der Waals surface area (Å²) in [6.07, 6.45) is 0.164. The fraction of sp³-hybridized carbons (Fsp3) is 0.500. The summed E-state index contributed by atoms with van der Waals surface area (Å²) in [7, 11) is -7.32. The van der Waals surface area contributed by atoms with Crippen molar-refractivity contribution in [3.63, 3.8) is 0 Å². The van der Waals surface area contributed by atoms with E-state index < -0.39 is 32.4 Å². The lowest BCUT2D eigenvalue weighted by atomic mass is 10.2. The highest BCUT2D eigenvalue weighted by molar-refractivity contribution is 7.86. The molecule has 0 saturated heterocycles. The average molecular weight is 352 g/mol. The zero-order chi connectivity index (χ0) is 16.4. The first kappa shape index (κ1) is 17.0. The molecule has 0 aliphatic carbocycles. The van der Waals surface area contributed by atoms with Crippen LogP contribution < -0.4 is 9.47 Å². The van der Waals surface area contributed by atoms with E-state index in [9.17, 15) is 16.8 Å². The van der Waals surface area contributed by atoms with Crippen LogP contribution in [0, 0.1) is 0 Å². The molecule has 1 aromatic carbocycles. The van der Waals surface area contributed by atoms with Gasteiger partial charge in [0.05, 0.1) is 12.5 Å². The molecule has 0 fully saturated rings. The lowest BCUT2D eigenvalue weighted by Crippen LogP contribution is -2.46. The second-order valence-corrected chi connectivity index (χ2v) is 8.02. The molecule has 0 aromatic heterocycles. The molecule has 0 radical (unpaired) electrons. The Hall–Kier alpha value is -1.36. The molecule has 8 nitrogen and oxygen atoms in total. The van der Waals surface area contributed by atoms with Gasteiger partial charge in [-0.3, -0.25) is 8.37 Å². The number of hydrogen-bond acceptors (Lipinski definition) is 8. The highest BCUT2D eigenvalue weighted by Gasteiger charge is 2.33. The van der Waals surface area contributed by atoms with E-state index in [1.165, 1.54) is 0 Å². The Balaban J connectivity index is 2.14. The van der Waals surface area contributed by atoms with Gasteiger partial charge in [0.15, 0.2) is 23.7 Å². The van der Waals surface area contributed by atoms with Gasteiger partial charge in [0, 0.05) is 0 Å². The summed E-state index contributed by atoms with van der Waals surface area (Å²) in [5.74, 6) is 0.834. The van der Waals surface area contributed by atoms with E-state index in [1.54, 1.807) is 24.3 Å². The fourth-order valence-electron chi connectivity index (χ4n) is 1.79. The normalized spacial score (nSPS) is 21.5. The number of ether oxygens (including phenoxy) is 2. The smallest absolute Gasteiger partial charge is 0.264 e. The molecular formula is C12H16O8S2. The second-order valence-electron chi connectivity index (χ2n) is 4.74. The molecule has 0 bridgehead atoms. The summed E-state index contributed by atoms with van der Waals surface area (Å²) in [5.41, 5.74) is 0. The van der Waals surface area contributed by atoms with Gasteiger partial charge in [-0.2, -0.15) is 16.8 Å². The van der Waals surface area contributed by atoms with Crippen LogP contribution in [-0.2, 0) is 28.6 Å². The van der Waals surface area contributed by atoms with E-state index in [0.717, 1.165) is 12.5 Å². The summed E-state index contributed by atoms with van der Waals surface area (Å²) < 4.78 is 65.0. The number of fused-ring (bicyclic) bond motifs is 1. The Bertz CT molecular complexity index is 662.